The van der Waals surface area contributed by atoms with Crippen molar-refractivity contribution in [3.63, 3.8) is 0 Å². The molecule has 2 aromatic rings. The summed E-state index contributed by atoms with van der Waals surface area (Å²) in [6.45, 7) is 4.24. The fourth-order valence-electron chi connectivity index (χ4n) is 2.00. The molecule has 5 heteroatoms. The van der Waals surface area contributed by atoms with Gasteiger partial charge in [0, 0.05) is 22.2 Å². The first-order valence-corrected chi connectivity index (χ1v) is 7.44. The maximum absolute atomic E-state index is 5.70. The first-order valence-electron chi connectivity index (χ1n) is 6.36. The Morgan fingerprint density at radius 3 is 2.63 bits per heavy atom. The van der Waals surface area contributed by atoms with E-state index in [1.54, 1.807) is 0 Å². The van der Waals surface area contributed by atoms with E-state index >= 15 is 0 Å². The van der Waals surface area contributed by atoms with E-state index < -0.39 is 0 Å². The molecule has 0 amide bonds. The van der Waals surface area contributed by atoms with Crippen LogP contribution in [0.5, 0.6) is 0 Å². The average molecular weight is 370 g/mol. The summed E-state index contributed by atoms with van der Waals surface area (Å²) in [6, 6.07) is 10.8. The fraction of sp³-hybridized carbons (Fsp3) is 0.357. The zero-order valence-corrected chi connectivity index (χ0v) is 13.3. The third kappa shape index (κ3) is 3.55. The lowest BCUT2D eigenvalue weighted by Gasteiger charge is -2.16. The van der Waals surface area contributed by atoms with Gasteiger partial charge in [0.2, 0.25) is 0 Å². The minimum absolute atomic E-state index is 0.0867. The van der Waals surface area contributed by atoms with E-state index in [2.05, 4.69) is 65.2 Å². The smallest absolute Gasteiger partial charge is 0.0644 e. The Morgan fingerprint density at radius 1 is 1.32 bits per heavy atom. The Labute approximate surface area is 127 Å². The van der Waals surface area contributed by atoms with Crippen LogP contribution in [0.15, 0.2) is 36.5 Å². The van der Waals surface area contributed by atoms with E-state index in [9.17, 15) is 0 Å². The molecule has 4 nitrogen and oxygen atoms in total. The summed E-state index contributed by atoms with van der Waals surface area (Å²) < 4.78 is 3.19. The van der Waals surface area contributed by atoms with Crippen LogP contribution in [0.2, 0.25) is 0 Å². The van der Waals surface area contributed by atoms with Crippen molar-refractivity contribution in [1.82, 2.24) is 15.2 Å². The second-order valence-electron chi connectivity index (χ2n) is 4.83. The number of hydrogen-bond acceptors (Lipinski definition) is 3. The monoisotopic (exact) mass is 370 g/mol. The van der Waals surface area contributed by atoms with Gasteiger partial charge in [-0.1, -0.05) is 18.2 Å². The van der Waals surface area contributed by atoms with Crippen LogP contribution in [0, 0.1) is 3.57 Å². The van der Waals surface area contributed by atoms with Crippen LogP contribution in [-0.4, -0.2) is 9.78 Å². The first kappa shape index (κ1) is 14.5. The van der Waals surface area contributed by atoms with E-state index in [0.717, 1.165) is 12.1 Å². The molecule has 3 N–H and O–H groups in total. The summed E-state index contributed by atoms with van der Waals surface area (Å²) in [5.74, 6) is 5.70. The molecule has 0 spiro atoms. The number of hydrazine groups is 1. The van der Waals surface area contributed by atoms with E-state index in [4.69, 9.17) is 5.84 Å². The van der Waals surface area contributed by atoms with E-state index in [1.807, 2.05) is 23.0 Å². The molecule has 1 aromatic heterocycles. The number of nitrogens with one attached hydrogen (secondary N) is 1. The topological polar surface area (TPSA) is 55.9 Å². The highest BCUT2D eigenvalue weighted by atomic mass is 127. The van der Waals surface area contributed by atoms with Gasteiger partial charge in [0.05, 0.1) is 11.7 Å². The van der Waals surface area contributed by atoms with Gasteiger partial charge in [-0.15, -0.1) is 0 Å². The predicted molar refractivity (Wildman–Crippen MR) is 85.5 cm³/mol. The van der Waals surface area contributed by atoms with Crippen LogP contribution in [0.3, 0.4) is 0 Å². The molecule has 1 unspecified atom stereocenters. The van der Waals surface area contributed by atoms with Crippen LogP contribution in [0.1, 0.15) is 37.2 Å². The second-order valence-corrected chi connectivity index (χ2v) is 5.99. The number of aromatic nitrogens is 2. The molecule has 19 heavy (non-hydrogen) atoms. The van der Waals surface area contributed by atoms with Crippen molar-refractivity contribution in [3.8, 4) is 0 Å². The lowest BCUT2D eigenvalue weighted by Crippen LogP contribution is -2.30. The van der Waals surface area contributed by atoms with Crippen LogP contribution >= 0.6 is 22.6 Å². The van der Waals surface area contributed by atoms with Gasteiger partial charge in [-0.25, -0.2) is 0 Å². The van der Waals surface area contributed by atoms with Gasteiger partial charge in [0.15, 0.2) is 0 Å². The SMILES string of the molecule is CC(C)n1ccc(CC(NN)c2ccccc2I)n1. The Morgan fingerprint density at radius 2 is 2.05 bits per heavy atom. The summed E-state index contributed by atoms with van der Waals surface area (Å²) in [6.07, 6.45) is 2.81. The zero-order valence-electron chi connectivity index (χ0n) is 11.2. The number of benzene rings is 1. The maximum atomic E-state index is 5.70. The highest BCUT2D eigenvalue weighted by molar-refractivity contribution is 14.1. The quantitative estimate of drug-likeness (QED) is 0.484. The minimum atomic E-state index is 0.0867. The van der Waals surface area contributed by atoms with E-state index in [1.165, 1.54) is 9.13 Å². The fourth-order valence-corrected chi connectivity index (χ4v) is 2.76. The Hall–Kier alpha value is -0.920. The van der Waals surface area contributed by atoms with Gasteiger partial charge in [0.1, 0.15) is 0 Å². The molecule has 0 saturated heterocycles. The molecule has 0 bridgehead atoms. The van der Waals surface area contributed by atoms with Gasteiger partial charge in [-0.3, -0.25) is 16.0 Å². The third-order valence-corrected chi connectivity index (χ3v) is 4.07. The molecule has 2 rings (SSSR count). The molecule has 102 valence electrons. The normalized spacial score (nSPS) is 12.9. The standard InChI is InChI=1S/C14H19IN4/c1-10(2)19-8-7-11(18-19)9-14(17-16)12-5-3-4-6-13(12)15/h3-8,10,14,17H,9,16H2,1-2H3. The number of halogens is 1. The number of nitrogens with two attached hydrogens (primary N) is 1. The molecule has 0 fully saturated rings. The third-order valence-electron chi connectivity index (χ3n) is 3.09. The molecular weight excluding hydrogens is 351 g/mol. The molecule has 0 saturated carbocycles. The molecule has 1 atom stereocenters. The number of rotatable bonds is 5. The van der Waals surface area contributed by atoms with Gasteiger partial charge in [0.25, 0.3) is 0 Å². The van der Waals surface area contributed by atoms with Gasteiger partial charge >= 0.3 is 0 Å². The van der Waals surface area contributed by atoms with Crippen molar-refractivity contribution in [1.29, 1.82) is 0 Å². The highest BCUT2D eigenvalue weighted by Gasteiger charge is 2.15. The maximum Gasteiger partial charge on any atom is 0.0644 e. The van der Waals surface area contributed by atoms with Crippen LogP contribution < -0.4 is 11.3 Å². The Bertz CT molecular complexity index is 536. The number of hydrogen-bond donors (Lipinski definition) is 2. The van der Waals surface area contributed by atoms with Crippen molar-refractivity contribution in [2.75, 3.05) is 0 Å². The van der Waals surface area contributed by atoms with Gasteiger partial charge in [-0.2, -0.15) is 5.10 Å². The zero-order chi connectivity index (χ0) is 13.8. The number of nitrogens with zero attached hydrogens (tertiary/aromatic N) is 2. The summed E-state index contributed by atoms with van der Waals surface area (Å²) in [5, 5.41) is 4.57. The molecular formula is C14H19IN4. The predicted octanol–water partition coefficient (Wildman–Crippen LogP) is 2.82. The lowest BCUT2D eigenvalue weighted by atomic mass is 10.0. The average Bonchev–Trinajstić information content (AvgIpc) is 2.86. The van der Waals surface area contributed by atoms with Crippen molar-refractivity contribution >= 4 is 22.6 Å². The van der Waals surface area contributed by atoms with E-state index in [0.29, 0.717) is 6.04 Å². The molecule has 0 radical (unpaired) electrons. The summed E-state index contributed by atoms with van der Waals surface area (Å²) in [5.41, 5.74) is 5.16. The summed E-state index contributed by atoms with van der Waals surface area (Å²) >= 11 is 2.34. The second kappa shape index (κ2) is 6.49. The lowest BCUT2D eigenvalue weighted by molar-refractivity contribution is 0.506. The van der Waals surface area contributed by atoms with Crippen LogP contribution in [0.4, 0.5) is 0 Å². The van der Waals surface area contributed by atoms with Gasteiger partial charge in [-0.05, 0) is 54.1 Å². The minimum Gasteiger partial charge on any atom is -0.271 e. The largest absolute Gasteiger partial charge is 0.271 e. The van der Waals surface area contributed by atoms with Crippen molar-refractivity contribution in [2.24, 2.45) is 5.84 Å². The Balaban J connectivity index is 2.17. The summed E-state index contributed by atoms with van der Waals surface area (Å²) in [7, 11) is 0. The highest BCUT2D eigenvalue weighted by Crippen LogP contribution is 2.22. The molecule has 1 heterocycles. The first-order chi connectivity index (χ1) is 9.11. The van der Waals surface area contributed by atoms with Crippen molar-refractivity contribution in [2.45, 2.75) is 32.4 Å². The summed E-state index contributed by atoms with van der Waals surface area (Å²) in [4.78, 5) is 0. The van der Waals surface area contributed by atoms with Crippen molar-refractivity contribution in [3.05, 3.63) is 51.4 Å². The van der Waals surface area contributed by atoms with Crippen LogP contribution in [0.25, 0.3) is 0 Å². The Kier molecular flexibility index (Phi) is 4.95. The van der Waals surface area contributed by atoms with Crippen LogP contribution in [-0.2, 0) is 6.42 Å². The molecule has 0 aliphatic carbocycles. The van der Waals surface area contributed by atoms with E-state index in [-0.39, 0.29) is 6.04 Å². The van der Waals surface area contributed by atoms with Crippen molar-refractivity contribution < 1.29 is 0 Å². The molecule has 0 aliphatic rings. The van der Waals surface area contributed by atoms with Gasteiger partial charge < -0.3 is 0 Å². The molecule has 0 aliphatic heterocycles. The molecule has 1 aromatic carbocycles.